The number of aliphatic hydroxyl groups is 1. The molecular weight excluding hydrogens is 795 g/mol. The minimum atomic E-state index is -0.924. The lowest BCUT2D eigenvalue weighted by Gasteiger charge is -2.44. The van der Waals surface area contributed by atoms with Crippen LogP contribution in [0.1, 0.15) is 69.2 Å². The lowest BCUT2D eigenvalue weighted by molar-refractivity contribution is -0.142. The highest BCUT2D eigenvalue weighted by atomic mass is 16.5. The molecule has 3 aliphatic heterocycles. The Labute approximate surface area is 360 Å². The van der Waals surface area contributed by atoms with Crippen molar-refractivity contribution in [1.82, 2.24) is 35.0 Å². The van der Waals surface area contributed by atoms with Gasteiger partial charge >= 0.3 is 12.2 Å². The number of hydrogen-bond acceptors (Lipinski definition) is 11. The number of H-pyrrole nitrogens is 1. The van der Waals surface area contributed by atoms with Crippen LogP contribution in [0.25, 0.3) is 22.4 Å². The number of aromatic amines is 1. The second kappa shape index (κ2) is 18.2. The van der Waals surface area contributed by atoms with E-state index in [1.165, 1.54) is 19.1 Å². The molecule has 2 aromatic heterocycles. The Bertz CT molecular complexity index is 2270. The Hall–Kier alpha value is -6.49. The number of hydrogen-bond donors (Lipinski definition) is 4. The van der Waals surface area contributed by atoms with Gasteiger partial charge in [0.05, 0.1) is 43.8 Å². The van der Waals surface area contributed by atoms with Crippen molar-refractivity contribution < 1.29 is 38.6 Å². The second-order valence-electron chi connectivity index (χ2n) is 16.7. The van der Waals surface area contributed by atoms with Gasteiger partial charge in [0.1, 0.15) is 23.2 Å². The van der Waals surface area contributed by atoms with Crippen LogP contribution in [-0.2, 0) is 19.1 Å². The zero-order valence-corrected chi connectivity index (χ0v) is 36.0. The van der Waals surface area contributed by atoms with Gasteiger partial charge in [0.25, 0.3) is 5.91 Å². The van der Waals surface area contributed by atoms with Gasteiger partial charge in [-0.2, -0.15) is 0 Å². The van der Waals surface area contributed by atoms with E-state index in [0.717, 1.165) is 28.8 Å². The lowest BCUT2D eigenvalue weighted by Crippen LogP contribution is -2.62. The molecule has 17 heteroatoms. The van der Waals surface area contributed by atoms with Crippen molar-refractivity contribution in [3.63, 3.8) is 0 Å². The molecule has 3 fully saturated rings. The molecule has 0 aliphatic carbocycles. The van der Waals surface area contributed by atoms with Crippen molar-refractivity contribution in [2.45, 2.75) is 76.7 Å². The molecule has 0 saturated carbocycles. The highest BCUT2D eigenvalue weighted by Gasteiger charge is 2.49. The predicted molar refractivity (Wildman–Crippen MR) is 231 cm³/mol. The fourth-order valence-corrected chi connectivity index (χ4v) is 8.74. The van der Waals surface area contributed by atoms with Crippen molar-refractivity contribution >= 4 is 41.4 Å². The summed E-state index contributed by atoms with van der Waals surface area (Å²) < 4.78 is 9.67. The van der Waals surface area contributed by atoms with Crippen LogP contribution in [0.3, 0.4) is 0 Å². The summed E-state index contributed by atoms with van der Waals surface area (Å²) in [7, 11) is 2.58. The summed E-state index contributed by atoms with van der Waals surface area (Å²) in [6.07, 6.45) is 3.00. The number of methoxy groups -OCH3 is 2. The number of β-amino-alcohol motifs (C(OH)–C–C–N with tert-alkyl or cyclic N) is 1. The van der Waals surface area contributed by atoms with Gasteiger partial charge in [-0.15, -0.1) is 0 Å². The van der Waals surface area contributed by atoms with Gasteiger partial charge in [0.15, 0.2) is 0 Å². The number of aromatic nitrogens is 3. The quantitative estimate of drug-likeness (QED) is 0.166. The number of imidazole rings is 1. The van der Waals surface area contributed by atoms with Crippen LogP contribution in [0, 0.1) is 5.92 Å². The average Bonchev–Trinajstić information content (AvgIpc) is 4.04. The van der Waals surface area contributed by atoms with E-state index in [9.17, 15) is 29.1 Å². The van der Waals surface area contributed by atoms with Crippen molar-refractivity contribution in [2.24, 2.45) is 5.92 Å². The molecule has 17 nitrogen and oxygen atoms in total. The number of nitrogens with zero attached hydrogens (tertiary/aromatic N) is 6. The first-order valence-electron chi connectivity index (χ1n) is 21.0. The number of aliphatic hydroxyl groups excluding tert-OH is 1. The fraction of sp³-hybridized carbons (Fsp3) is 0.444. The molecule has 2 aromatic carbocycles. The Balaban J connectivity index is 0.930. The number of carbonyl (C=O) groups is 5. The lowest BCUT2D eigenvalue weighted by atomic mass is 9.96. The molecule has 0 radical (unpaired) electrons. The predicted octanol–water partition coefficient (Wildman–Crippen LogP) is 5.06. The number of rotatable bonds is 10. The number of nitrogens with one attached hydrogen (secondary N) is 3. The molecule has 4 aromatic rings. The summed E-state index contributed by atoms with van der Waals surface area (Å²) in [5, 5.41) is 16.1. The number of alkyl carbamates (subject to hydrolysis) is 1. The fourth-order valence-electron chi connectivity index (χ4n) is 8.74. The Morgan fingerprint density at radius 1 is 0.871 bits per heavy atom. The first kappa shape index (κ1) is 43.6. The maximum Gasteiger partial charge on any atom is 0.410 e. The standard InChI is InChI=1S/C45H55N9O8/c1-27(2)38(50-43(59)61-5)41(57)53-26-34(55)22-36(53)39-47-24-35(49-39)31-10-8-29(9-11-31)30-12-15-33(16-13-30)48-40(56)32-14-17-37(46-23-32)52-21-20-51(25-28(52)3)42(58)45(4)18-7-19-54(45)44(60)62-6/h8-17,23-24,27-28,34,36,38,55H,7,18-22,25-26H2,1-6H3,(H,47,49)(H,48,56)(H,50,59)/t28-,34+,36+,38+,45+/m1/s1. The van der Waals surface area contributed by atoms with Crippen molar-refractivity contribution in [2.75, 3.05) is 57.2 Å². The number of benzene rings is 2. The van der Waals surface area contributed by atoms with Crippen molar-refractivity contribution in [1.29, 1.82) is 0 Å². The zero-order chi connectivity index (χ0) is 44.3. The van der Waals surface area contributed by atoms with Gasteiger partial charge in [0, 0.05) is 57.1 Å². The molecule has 62 heavy (non-hydrogen) atoms. The molecule has 7 rings (SSSR count). The topological polar surface area (TPSA) is 203 Å². The number of piperazine rings is 1. The van der Waals surface area contributed by atoms with Crippen LogP contribution in [-0.4, -0.2) is 135 Å². The molecule has 4 N–H and O–H groups in total. The number of amides is 5. The Morgan fingerprint density at radius 2 is 1.56 bits per heavy atom. The summed E-state index contributed by atoms with van der Waals surface area (Å²) in [5.74, 6) is 0.376. The minimum Gasteiger partial charge on any atom is -0.453 e. The van der Waals surface area contributed by atoms with E-state index in [1.54, 1.807) is 23.4 Å². The first-order chi connectivity index (χ1) is 29.7. The van der Waals surface area contributed by atoms with Gasteiger partial charge in [-0.25, -0.2) is 19.6 Å². The SMILES string of the molecule is COC(=O)N[C@H](C(=O)N1C[C@@H](O)C[C@H]1c1ncc(-c2ccc(-c3ccc(NC(=O)c4ccc(N5CCN(C(=O)[C@]6(C)CCCN6C(=O)OC)C[C@H]5C)nc4)cc3)cc2)[nH]1)C(C)C. The van der Waals surface area contributed by atoms with E-state index in [1.807, 2.05) is 87.2 Å². The van der Waals surface area contributed by atoms with Crippen LogP contribution >= 0.6 is 0 Å². The van der Waals surface area contributed by atoms with Gasteiger partial charge in [-0.1, -0.05) is 50.2 Å². The highest BCUT2D eigenvalue weighted by Crippen LogP contribution is 2.35. The summed E-state index contributed by atoms with van der Waals surface area (Å²) in [5.41, 5.74) is 3.67. The third-order valence-corrected chi connectivity index (χ3v) is 12.3. The van der Waals surface area contributed by atoms with E-state index in [0.29, 0.717) is 61.9 Å². The normalized spacial score (nSPS) is 21.8. The van der Waals surface area contributed by atoms with E-state index >= 15 is 0 Å². The van der Waals surface area contributed by atoms with Gasteiger partial charge in [-0.05, 0) is 73.6 Å². The van der Waals surface area contributed by atoms with Crippen LogP contribution < -0.4 is 15.5 Å². The maximum absolute atomic E-state index is 13.7. The summed E-state index contributed by atoms with van der Waals surface area (Å²) in [6, 6.07) is 17.7. The molecule has 0 bridgehead atoms. The van der Waals surface area contributed by atoms with Gasteiger partial charge in [-0.3, -0.25) is 19.3 Å². The maximum atomic E-state index is 13.7. The molecule has 3 aliphatic rings. The molecule has 3 saturated heterocycles. The van der Waals surface area contributed by atoms with E-state index in [4.69, 9.17) is 9.47 Å². The summed E-state index contributed by atoms with van der Waals surface area (Å²) in [6.45, 7) is 9.66. The first-order valence-corrected chi connectivity index (χ1v) is 21.0. The second-order valence-corrected chi connectivity index (χ2v) is 16.7. The van der Waals surface area contributed by atoms with E-state index < -0.39 is 35.9 Å². The van der Waals surface area contributed by atoms with E-state index in [-0.39, 0.29) is 36.2 Å². The van der Waals surface area contributed by atoms with Crippen LogP contribution in [0.5, 0.6) is 0 Å². The molecule has 0 spiro atoms. The minimum absolute atomic E-state index is 0.0326. The van der Waals surface area contributed by atoms with Crippen molar-refractivity contribution in [3.05, 3.63) is 84.4 Å². The number of pyridine rings is 1. The molecule has 5 atom stereocenters. The molecule has 5 heterocycles. The number of anilines is 2. The Kier molecular flexibility index (Phi) is 12.8. The molecule has 5 amide bonds. The van der Waals surface area contributed by atoms with Crippen LogP contribution in [0.2, 0.25) is 0 Å². The largest absolute Gasteiger partial charge is 0.453 e. The van der Waals surface area contributed by atoms with E-state index in [2.05, 4.69) is 30.5 Å². The van der Waals surface area contributed by atoms with Gasteiger partial charge in [0.2, 0.25) is 11.8 Å². The number of ether oxygens (including phenoxy) is 2. The number of likely N-dealkylation sites (tertiary alicyclic amines) is 2. The smallest absolute Gasteiger partial charge is 0.410 e. The third kappa shape index (κ3) is 8.93. The highest BCUT2D eigenvalue weighted by molar-refractivity contribution is 6.04. The monoisotopic (exact) mass is 849 g/mol. The van der Waals surface area contributed by atoms with Crippen molar-refractivity contribution in [3.8, 4) is 22.4 Å². The third-order valence-electron chi connectivity index (χ3n) is 12.3. The van der Waals surface area contributed by atoms with Crippen LogP contribution in [0.15, 0.2) is 73.1 Å². The molecule has 328 valence electrons. The zero-order valence-electron chi connectivity index (χ0n) is 36.0. The summed E-state index contributed by atoms with van der Waals surface area (Å²) in [4.78, 5) is 84.3. The summed E-state index contributed by atoms with van der Waals surface area (Å²) >= 11 is 0. The number of carbonyl (C=O) groups excluding carboxylic acids is 5. The van der Waals surface area contributed by atoms with Crippen LogP contribution in [0.4, 0.5) is 21.1 Å². The molecular formula is C45H55N9O8. The van der Waals surface area contributed by atoms with Gasteiger partial charge < -0.3 is 44.9 Å². The average molecular weight is 850 g/mol. The molecule has 0 unspecified atom stereocenters. The Morgan fingerprint density at radius 3 is 2.19 bits per heavy atom.